The molecule has 1 amide bonds. The summed E-state index contributed by atoms with van der Waals surface area (Å²) < 4.78 is 5.33. The molecule has 2 aromatic carbocycles. The molecule has 1 N–H and O–H groups in total. The first-order valence-corrected chi connectivity index (χ1v) is 8.07. The van der Waals surface area contributed by atoms with Crippen molar-refractivity contribution in [1.29, 1.82) is 0 Å². The number of nitrogens with zero attached hydrogens (tertiary/aromatic N) is 2. The highest BCUT2D eigenvalue weighted by atomic mass is 16.6. The third kappa shape index (κ3) is 4.40. The zero-order valence-corrected chi connectivity index (χ0v) is 13.7. The van der Waals surface area contributed by atoms with Crippen molar-refractivity contribution < 1.29 is 14.5 Å². The van der Waals surface area contributed by atoms with Gasteiger partial charge >= 0.3 is 0 Å². The maximum atomic E-state index is 12.3. The molecule has 0 aromatic heterocycles. The lowest BCUT2D eigenvalue weighted by molar-refractivity contribution is -0.385. The highest BCUT2D eigenvalue weighted by Gasteiger charge is 2.19. The number of nitrogens with one attached hydrogen (secondary N) is 1. The predicted molar refractivity (Wildman–Crippen MR) is 93.6 cm³/mol. The van der Waals surface area contributed by atoms with Gasteiger partial charge in [0.2, 0.25) is 0 Å². The molecule has 0 atom stereocenters. The SMILES string of the molecule is O=C(Nc1ccc(CN2CCOCC2)cc1)c1ccccc1[N+](=O)[O-]. The first-order valence-electron chi connectivity index (χ1n) is 8.07. The van der Waals surface area contributed by atoms with Crippen LogP contribution >= 0.6 is 0 Å². The summed E-state index contributed by atoms with van der Waals surface area (Å²) in [4.78, 5) is 25.1. The molecule has 1 saturated heterocycles. The second-order valence-electron chi connectivity index (χ2n) is 5.81. The zero-order valence-electron chi connectivity index (χ0n) is 13.7. The lowest BCUT2D eigenvalue weighted by atomic mass is 10.1. The summed E-state index contributed by atoms with van der Waals surface area (Å²) in [5.74, 6) is -0.492. The second-order valence-corrected chi connectivity index (χ2v) is 5.81. The number of para-hydroxylation sites is 1. The van der Waals surface area contributed by atoms with E-state index in [4.69, 9.17) is 4.74 Å². The van der Waals surface area contributed by atoms with Crippen LogP contribution in [0.5, 0.6) is 0 Å². The Labute approximate surface area is 145 Å². The molecule has 0 bridgehead atoms. The van der Waals surface area contributed by atoms with Crippen molar-refractivity contribution in [3.63, 3.8) is 0 Å². The molecule has 1 fully saturated rings. The number of benzene rings is 2. The van der Waals surface area contributed by atoms with Gasteiger partial charge in [0.05, 0.1) is 18.1 Å². The first kappa shape index (κ1) is 17.1. The average molecular weight is 341 g/mol. The minimum Gasteiger partial charge on any atom is -0.379 e. The highest BCUT2D eigenvalue weighted by Crippen LogP contribution is 2.20. The van der Waals surface area contributed by atoms with Gasteiger partial charge in [0.1, 0.15) is 5.56 Å². The minimum atomic E-state index is -0.555. The molecule has 0 radical (unpaired) electrons. The first-order chi connectivity index (χ1) is 12.1. The van der Waals surface area contributed by atoms with Gasteiger partial charge in [-0.15, -0.1) is 0 Å². The molecule has 1 aliphatic rings. The maximum absolute atomic E-state index is 12.3. The van der Waals surface area contributed by atoms with E-state index in [-0.39, 0.29) is 11.3 Å². The van der Waals surface area contributed by atoms with E-state index in [0.29, 0.717) is 5.69 Å². The number of anilines is 1. The summed E-state index contributed by atoms with van der Waals surface area (Å²) in [6, 6.07) is 13.4. The van der Waals surface area contributed by atoms with Crippen molar-refractivity contribution in [3.8, 4) is 0 Å². The molecule has 0 saturated carbocycles. The van der Waals surface area contributed by atoms with E-state index >= 15 is 0 Å². The topological polar surface area (TPSA) is 84.7 Å². The van der Waals surface area contributed by atoms with Crippen molar-refractivity contribution in [2.45, 2.75) is 6.54 Å². The van der Waals surface area contributed by atoms with Crippen molar-refractivity contribution in [1.82, 2.24) is 4.90 Å². The van der Waals surface area contributed by atoms with E-state index in [1.807, 2.05) is 24.3 Å². The molecular formula is C18H19N3O4. The molecule has 130 valence electrons. The van der Waals surface area contributed by atoms with Gasteiger partial charge in [0, 0.05) is 31.4 Å². The summed E-state index contributed by atoms with van der Waals surface area (Å²) >= 11 is 0. The zero-order chi connectivity index (χ0) is 17.6. The van der Waals surface area contributed by atoms with E-state index < -0.39 is 10.8 Å². The quantitative estimate of drug-likeness (QED) is 0.667. The molecule has 1 aliphatic heterocycles. The Morgan fingerprint density at radius 3 is 2.48 bits per heavy atom. The van der Waals surface area contributed by atoms with Gasteiger partial charge in [-0.25, -0.2) is 0 Å². The van der Waals surface area contributed by atoms with Crippen LogP contribution in [0.25, 0.3) is 0 Å². The minimum absolute atomic E-state index is 0.0462. The number of carbonyl (C=O) groups excluding carboxylic acids is 1. The van der Waals surface area contributed by atoms with Crippen molar-refractivity contribution in [3.05, 3.63) is 69.8 Å². The van der Waals surface area contributed by atoms with Gasteiger partial charge in [-0.2, -0.15) is 0 Å². The number of rotatable bonds is 5. The molecule has 3 rings (SSSR count). The summed E-state index contributed by atoms with van der Waals surface area (Å²) in [7, 11) is 0. The maximum Gasteiger partial charge on any atom is 0.282 e. The van der Waals surface area contributed by atoms with Gasteiger partial charge < -0.3 is 10.1 Å². The van der Waals surface area contributed by atoms with Crippen LogP contribution < -0.4 is 5.32 Å². The van der Waals surface area contributed by atoms with Crippen LogP contribution in [-0.4, -0.2) is 42.0 Å². The summed E-state index contributed by atoms with van der Waals surface area (Å²) in [6.07, 6.45) is 0. The number of nitro benzene ring substituents is 1. The van der Waals surface area contributed by atoms with Crippen molar-refractivity contribution in [2.75, 3.05) is 31.6 Å². The van der Waals surface area contributed by atoms with E-state index in [2.05, 4.69) is 10.2 Å². The fourth-order valence-electron chi connectivity index (χ4n) is 2.73. The fourth-order valence-corrected chi connectivity index (χ4v) is 2.73. The Bertz CT molecular complexity index is 755. The summed E-state index contributed by atoms with van der Waals surface area (Å²) in [5.41, 5.74) is 1.59. The standard InChI is InChI=1S/C18H19N3O4/c22-18(16-3-1-2-4-17(16)21(23)24)19-15-7-5-14(6-8-15)13-20-9-11-25-12-10-20/h1-8H,9-13H2,(H,19,22). The van der Waals surface area contributed by atoms with E-state index in [0.717, 1.165) is 38.4 Å². The van der Waals surface area contributed by atoms with Crippen molar-refractivity contribution in [2.24, 2.45) is 0 Å². The van der Waals surface area contributed by atoms with Gasteiger partial charge in [0.25, 0.3) is 11.6 Å². The third-order valence-electron chi connectivity index (χ3n) is 4.07. The highest BCUT2D eigenvalue weighted by molar-refractivity contribution is 6.07. The second kappa shape index (κ2) is 7.87. The molecule has 0 unspecified atom stereocenters. The number of hydrogen-bond donors (Lipinski definition) is 1. The number of morpholine rings is 1. The number of carbonyl (C=O) groups is 1. The monoisotopic (exact) mass is 341 g/mol. The van der Waals surface area contributed by atoms with Gasteiger partial charge in [-0.3, -0.25) is 19.8 Å². The Morgan fingerprint density at radius 1 is 1.12 bits per heavy atom. The average Bonchev–Trinajstić information content (AvgIpc) is 2.64. The molecular weight excluding hydrogens is 322 g/mol. The van der Waals surface area contributed by atoms with Crippen LogP contribution in [0.3, 0.4) is 0 Å². The van der Waals surface area contributed by atoms with Crippen molar-refractivity contribution >= 4 is 17.3 Å². The number of ether oxygens (including phenoxy) is 1. The molecule has 0 spiro atoms. The van der Waals surface area contributed by atoms with Crippen LogP contribution in [0.4, 0.5) is 11.4 Å². The van der Waals surface area contributed by atoms with Crippen LogP contribution in [0.2, 0.25) is 0 Å². The Hall–Kier alpha value is -2.77. The summed E-state index contributed by atoms with van der Waals surface area (Å²) in [5, 5.41) is 13.7. The third-order valence-corrected chi connectivity index (χ3v) is 4.07. The van der Waals surface area contributed by atoms with Gasteiger partial charge in [-0.1, -0.05) is 24.3 Å². The van der Waals surface area contributed by atoms with Gasteiger partial charge in [-0.05, 0) is 23.8 Å². The molecule has 7 heteroatoms. The lowest BCUT2D eigenvalue weighted by Gasteiger charge is -2.26. The Morgan fingerprint density at radius 2 is 1.80 bits per heavy atom. The smallest absolute Gasteiger partial charge is 0.282 e. The summed E-state index contributed by atoms with van der Waals surface area (Å²) in [6.45, 7) is 4.17. The lowest BCUT2D eigenvalue weighted by Crippen LogP contribution is -2.35. The molecule has 2 aromatic rings. The number of hydrogen-bond acceptors (Lipinski definition) is 5. The van der Waals surface area contributed by atoms with E-state index in [1.54, 1.807) is 6.07 Å². The van der Waals surface area contributed by atoms with Crippen LogP contribution in [0, 0.1) is 10.1 Å². The van der Waals surface area contributed by atoms with E-state index in [1.165, 1.54) is 18.2 Å². The Balaban J connectivity index is 1.65. The molecule has 1 heterocycles. The normalized spacial score (nSPS) is 14.9. The molecule has 7 nitrogen and oxygen atoms in total. The molecule has 0 aliphatic carbocycles. The molecule has 25 heavy (non-hydrogen) atoms. The number of amides is 1. The van der Waals surface area contributed by atoms with Crippen LogP contribution in [-0.2, 0) is 11.3 Å². The van der Waals surface area contributed by atoms with Crippen LogP contribution in [0.15, 0.2) is 48.5 Å². The fraction of sp³-hybridized carbons (Fsp3) is 0.278. The van der Waals surface area contributed by atoms with E-state index in [9.17, 15) is 14.9 Å². The van der Waals surface area contributed by atoms with Gasteiger partial charge in [0.15, 0.2) is 0 Å². The predicted octanol–water partition coefficient (Wildman–Crippen LogP) is 2.68. The number of nitro groups is 1. The van der Waals surface area contributed by atoms with Crippen LogP contribution in [0.1, 0.15) is 15.9 Å². The largest absolute Gasteiger partial charge is 0.379 e. The Kier molecular flexibility index (Phi) is 5.37.